The van der Waals surface area contributed by atoms with Gasteiger partial charge < -0.3 is 4.90 Å². The van der Waals surface area contributed by atoms with Crippen LogP contribution in [0.25, 0.3) is 11.1 Å². The van der Waals surface area contributed by atoms with Crippen LogP contribution in [0.4, 0.5) is 0 Å². The zero-order valence-corrected chi connectivity index (χ0v) is 22.8. The molecule has 0 aromatic heterocycles. The molecular weight excluding hydrogens is 488 g/mol. The van der Waals surface area contributed by atoms with Crippen LogP contribution in [-0.4, -0.2) is 48.1 Å². The average molecular weight is 525 g/mol. The Morgan fingerprint density at radius 2 is 1.74 bits per heavy atom. The van der Waals surface area contributed by atoms with E-state index in [1.807, 2.05) is 55.2 Å². The quantitative estimate of drug-likeness (QED) is 0.140. The predicted molar refractivity (Wildman–Crippen MR) is 154 cm³/mol. The fraction of sp³-hybridized carbons (Fsp3) is 0.364. The molecule has 1 aliphatic carbocycles. The molecule has 1 saturated carbocycles. The lowest BCUT2D eigenvalue weighted by molar-refractivity contribution is -0.129. The third-order valence-corrected chi connectivity index (χ3v) is 8.12. The summed E-state index contributed by atoms with van der Waals surface area (Å²) in [6.45, 7) is 8.48. The van der Waals surface area contributed by atoms with Crippen molar-refractivity contribution in [3.63, 3.8) is 0 Å². The number of rotatable bonds is 8. The molecule has 1 heterocycles. The van der Waals surface area contributed by atoms with Crippen molar-refractivity contribution < 1.29 is 19.2 Å². The number of ketones is 2. The van der Waals surface area contributed by atoms with Gasteiger partial charge in [0.05, 0.1) is 0 Å². The molecule has 39 heavy (non-hydrogen) atoms. The van der Waals surface area contributed by atoms with Crippen LogP contribution < -0.4 is 0 Å². The summed E-state index contributed by atoms with van der Waals surface area (Å²) in [6, 6.07) is 14.8. The predicted octanol–water partition coefficient (Wildman–Crippen LogP) is 5.98. The minimum absolute atomic E-state index is 0.122. The maximum atomic E-state index is 13.1. The molecule has 2 fully saturated rings. The van der Waals surface area contributed by atoms with Crippen molar-refractivity contribution in [1.82, 2.24) is 4.90 Å². The van der Waals surface area contributed by atoms with Gasteiger partial charge in [-0.3, -0.25) is 19.2 Å². The standard InChI is InChI=1S/C33H36N2O4/c1-4-5-6-8-22(2)33(39)35-17-15-24(16-18-35)28-20-29(30(36)21-28)27-10-7-9-26(19-27)23-11-13-25(14-12-23)31(37)32(38)34-3/h4-5,7-14,19,24,28-29H,3,6,15-18,20-21H2,1-2H3. The molecular formula is C33H36N2O4. The van der Waals surface area contributed by atoms with E-state index in [2.05, 4.69) is 17.8 Å². The zero-order chi connectivity index (χ0) is 27.9. The minimum Gasteiger partial charge on any atom is -0.339 e. The van der Waals surface area contributed by atoms with E-state index in [9.17, 15) is 19.2 Å². The molecule has 202 valence electrons. The molecule has 1 saturated heterocycles. The summed E-state index contributed by atoms with van der Waals surface area (Å²) >= 11 is 0. The first-order valence-corrected chi connectivity index (χ1v) is 13.7. The molecule has 2 aromatic rings. The Morgan fingerprint density at radius 1 is 1.03 bits per heavy atom. The van der Waals surface area contributed by atoms with E-state index in [1.54, 1.807) is 24.3 Å². The Bertz CT molecular complexity index is 1310. The summed E-state index contributed by atoms with van der Waals surface area (Å²) < 4.78 is 0. The fourth-order valence-corrected chi connectivity index (χ4v) is 5.84. The summed E-state index contributed by atoms with van der Waals surface area (Å²) in [5.74, 6) is -0.468. The molecule has 6 nitrogen and oxygen atoms in total. The largest absolute Gasteiger partial charge is 0.339 e. The number of likely N-dealkylation sites (tertiary alicyclic amines) is 1. The second kappa shape index (κ2) is 12.7. The van der Waals surface area contributed by atoms with E-state index in [4.69, 9.17) is 0 Å². The molecule has 4 rings (SSSR count). The first-order chi connectivity index (χ1) is 18.8. The first kappa shape index (κ1) is 28.1. The van der Waals surface area contributed by atoms with Gasteiger partial charge in [0.2, 0.25) is 5.91 Å². The fourth-order valence-electron chi connectivity index (χ4n) is 5.84. The van der Waals surface area contributed by atoms with Crippen LogP contribution in [-0.2, 0) is 14.4 Å². The highest BCUT2D eigenvalue weighted by Crippen LogP contribution is 2.43. The maximum Gasteiger partial charge on any atom is 0.317 e. The van der Waals surface area contributed by atoms with Crippen LogP contribution in [0.2, 0.25) is 0 Å². The number of amides is 2. The van der Waals surface area contributed by atoms with Crippen LogP contribution in [0.1, 0.15) is 67.8 Å². The lowest BCUT2D eigenvalue weighted by Crippen LogP contribution is -2.40. The summed E-state index contributed by atoms with van der Waals surface area (Å²) in [4.78, 5) is 54.6. The summed E-state index contributed by atoms with van der Waals surface area (Å²) in [5.41, 5.74) is 3.95. The third kappa shape index (κ3) is 6.56. The van der Waals surface area contributed by atoms with Gasteiger partial charge in [-0.1, -0.05) is 66.8 Å². The van der Waals surface area contributed by atoms with Gasteiger partial charge in [0.15, 0.2) is 0 Å². The van der Waals surface area contributed by atoms with Gasteiger partial charge in [0.1, 0.15) is 5.78 Å². The normalized spacial score (nSPS) is 20.4. The maximum absolute atomic E-state index is 13.1. The molecule has 2 aromatic carbocycles. The number of Topliss-reactive ketones (excluding diaryl/α,β-unsaturated/α-hetero) is 2. The van der Waals surface area contributed by atoms with E-state index in [0.717, 1.165) is 61.0 Å². The van der Waals surface area contributed by atoms with Gasteiger partial charge >= 0.3 is 5.91 Å². The second-order valence-corrected chi connectivity index (χ2v) is 10.5. The minimum atomic E-state index is -0.872. The highest BCUT2D eigenvalue weighted by atomic mass is 16.2. The molecule has 2 unspecified atom stereocenters. The van der Waals surface area contributed by atoms with Crippen LogP contribution >= 0.6 is 0 Å². The van der Waals surface area contributed by atoms with Crippen molar-refractivity contribution in [3.8, 4) is 11.1 Å². The molecule has 2 atom stereocenters. The van der Waals surface area contributed by atoms with Crippen LogP contribution in [0, 0.1) is 11.8 Å². The van der Waals surface area contributed by atoms with Crippen molar-refractivity contribution in [2.75, 3.05) is 13.1 Å². The highest BCUT2D eigenvalue weighted by molar-refractivity contribution is 6.43. The Hall–Kier alpha value is -3.93. The molecule has 0 radical (unpaired) electrons. The number of carbonyl (C=O) groups excluding carboxylic acids is 4. The van der Waals surface area contributed by atoms with Crippen LogP contribution in [0.3, 0.4) is 0 Å². The van der Waals surface area contributed by atoms with Gasteiger partial charge in [-0.2, -0.15) is 0 Å². The molecule has 2 amide bonds. The van der Waals surface area contributed by atoms with Gasteiger partial charge in [-0.15, -0.1) is 0 Å². The van der Waals surface area contributed by atoms with Gasteiger partial charge in [-0.25, -0.2) is 4.99 Å². The highest BCUT2D eigenvalue weighted by Gasteiger charge is 2.39. The number of hydrogen-bond acceptors (Lipinski definition) is 4. The number of allylic oxidation sites excluding steroid dienone is 3. The van der Waals surface area contributed by atoms with Crippen molar-refractivity contribution in [2.45, 2.75) is 51.9 Å². The molecule has 0 bridgehead atoms. The lowest BCUT2D eigenvalue weighted by atomic mass is 9.82. The monoisotopic (exact) mass is 524 g/mol. The SMILES string of the molecule is C=NC(=O)C(=O)c1ccc(-c2cccc(C3CC(C4CCN(C(=O)C(C)=CCC=CC)CC4)CC3=O)c2)cc1. The molecule has 1 aliphatic heterocycles. The molecule has 0 spiro atoms. The van der Waals surface area contributed by atoms with Gasteiger partial charge in [0, 0.05) is 36.6 Å². The topological polar surface area (TPSA) is 83.9 Å². The number of aliphatic imine (C=N–C) groups is 1. The van der Waals surface area contributed by atoms with E-state index >= 15 is 0 Å². The van der Waals surface area contributed by atoms with Gasteiger partial charge in [-0.05, 0) is 74.8 Å². The first-order valence-electron chi connectivity index (χ1n) is 13.7. The zero-order valence-electron chi connectivity index (χ0n) is 22.8. The van der Waals surface area contributed by atoms with Crippen molar-refractivity contribution >= 4 is 30.1 Å². The van der Waals surface area contributed by atoms with E-state index in [-0.39, 0.29) is 23.2 Å². The number of hydrogen-bond donors (Lipinski definition) is 0. The third-order valence-electron chi connectivity index (χ3n) is 8.12. The van der Waals surface area contributed by atoms with E-state index in [1.165, 1.54) is 0 Å². The van der Waals surface area contributed by atoms with Gasteiger partial charge in [0.25, 0.3) is 5.78 Å². The molecule has 6 heteroatoms. The number of carbonyl (C=O) groups is 4. The smallest absolute Gasteiger partial charge is 0.317 e. The van der Waals surface area contributed by atoms with Crippen molar-refractivity contribution in [3.05, 3.63) is 83.5 Å². The summed E-state index contributed by atoms with van der Waals surface area (Å²) in [6.07, 6.45) is 10.1. The Kier molecular flexibility index (Phi) is 9.18. The Balaban J connectivity index is 1.38. The summed E-state index contributed by atoms with van der Waals surface area (Å²) in [5, 5.41) is 0. The second-order valence-electron chi connectivity index (χ2n) is 10.5. The van der Waals surface area contributed by atoms with E-state index < -0.39 is 11.7 Å². The number of benzene rings is 2. The van der Waals surface area contributed by atoms with Crippen LogP contribution in [0.5, 0.6) is 0 Å². The van der Waals surface area contributed by atoms with Crippen LogP contribution in [0.15, 0.2) is 77.3 Å². The lowest BCUT2D eigenvalue weighted by Gasteiger charge is -2.35. The average Bonchev–Trinajstić information content (AvgIpc) is 3.37. The Labute approximate surface area is 230 Å². The number of piperidine rings is 1. The molecule has 0 N–H and O–H groups in total. The van der Waals surface area contributed by atoms with Crippen molar-refractivity contribution in [2.24, 2.45) is 16.8 Å². The summed E-state index contributed by atoms with van der Waals surface area (Å²) in [7, 11) is 0. The van der Waals surface area contributed by atoms with Crippen molar-refractivity contribution in [1.29, 1.82) is 0 Å². The number of nitrogens with zero attached hydrogens (tertiary/aromatic N) is 2. The Morgan fingerprint density at radius 3 is 2.41 bits per heavy atom. The van der Waals surface area contributed by atoms with E-state index in [0.29, 0.717) is 18.3 Å². The molecule has 2 aliphatic rings.